The average Bonchev–Trinajstić information content (AvgIpc) is 2.82. The second-order valence-electron chi connectivity index (χ2n) is 4.68. The lowest BCUT2D eigenvalue weighted by Crippen LogP contribution is -2.39. The molecule has 106 valence electrons. The van der Waals surface area contributed by atoms with Gasteiger partial charge in [0.25, 0.3) is 0 Å². The van der Waals surface area contributed by atoms with Crippen LogP contribution >= 0.6 is 0 Å². The molecule has 0 aliphatic carbocycles. The van der Waals surface area contributed by atoms with Crippen molar-refractivity contribution in [3.63, 3.8) is 0 Å². The maximum absolute atomic E-state index is 12.9. The summed E-state index contributed by atoms with van der Waals surface area (Å²) in [6.07, 6.45) is 0. The van der Waals surface area contributed by atoms with E-state index in [9.17, 15) is 9.59 Å². The number of rotatable bonds is 4. The van der Waals surface area contributed by atoms with Crippen LogP contribution in [0.4, 0.5) is 0 Å². The second kappa shape index (κ2) is 5.14. The Morgan fingerprint density at radius 3 is 2.48 bits per heavy atom. The smallest absolute Gasteiger partial charge is 0.341 e. The summed E-state index contributed by atoms with van der Waals surface area (Å²) in [4.78, 5) is 24.9. The molecule has 0 spiro atoms. The number of fused-ring (bicyclic) bond motifs is 1. The van der Waals surface area contributed by atoms with E-state index in [1.807, 2.05) is 6.07 Å². The molecular weight excluding hydrogens is 268 g/mol. The van der Waals surface area contributed by atoms with Gasteiger partial charge in [-0.2, -0.15) is 0 Å². The Bertz CT molecular complexity index is 693. The third-order valence-electron chi connectivity index (χ3n) is 3.42. The lowest BCUT2D eigenvalue weighted by molar-refractivity contribution is -0.164. The number of Topliss-reactive ketones (excluding diaryl/α,β-unsaturated/α-hetero) is 1. The molecule has 1 unspecified atom stereocenters. The van der Waals surface area contributed by atoms with Crippen LogP contribution in [-0.4, -0.2) is 18.4 Å². The number of esters is 1. The highest BCUT2D eigenvalue weighted by molar-refractivity contribution is 6.08. The molecule has 3 rings (SSSR count). The summed E-state index contributed by atoms with van der Waals surface area (Å²) in [6, 6.07) is 15.5. The van der Waals surface area contributed by atoms with Crippen molar-refractivity contribution < 1.29 is 19.1 Å². The maximum atomic E-state index is 12.9. The van der Waals surface area contributed by atoms with Gasteiger partial charge in [0.2, 0.25) is 5.78 Å². The van der Waals surface area contributed by atoms with Gasteiger partial charge in [-0.25, -0.2) is 4.79 Å². The Labute approximate surface area is 122 Å². The molecule has 0 fully saturated rings. The lowest BCUT2D eigenvalue weighted by atomic mass is 9.94. The number of hydrogen-bond acceptors (Lipinski definition) is 4. The molecule has 21 heavy (non-hydrogen) atoms. The summed E-state index contributed by atoms with van der Waals surface area (Å²) in [6.45, 7) is 2.01. The number of carbonyl (C=O) groups excluding carboxylic acids is 2. The van der Waals surface area contributed by atoms with Crippen LogP contribution in [0.25, 0.3) is 0 Å². The van der Waals surface area contributed by atoms with Gasteiger partial charge in [0.15, 0.2) is 0 Å². The van der Waals surface area contributed by atoms with Gasteiger partial charge < -0.3 is 9.47 Å². The van der Waals surface area contributed by atoms with Gasteiger partial charge in [-0.3, -0.25) is 4.79 Å². The summed E-state index contributed by atoms with van der Waals surface area (Å²) < 4.78 is 11.0. The zero-order valence-electron chi connectivity index (χ0n) is 11.5. The van der Waals surface area contributed by atoms with Crippen LogP contribution < -0.4 is 0 Å². The summed E-state index contributed by atoms with van der Waals surface area (Å²) in [5.41, 5.74) is 1.27. The molecule has 0 amide bonds. The van der Waals surface area contributed by atoms with Gasteiger partial charge in [-0.15, -0.1) is 0 Å². The first-order valence-electron chi connectivity index (χ1n) is 6.75. The summed E-state index contributed by atoms with van der Waals surface area (Å²) >= 11 is 0. The molecule has 0 bridgehead atoms. The van der Waals surface area contributed by atoms with Gasteiger partial charge in [-0.05, 0) is 13.0 Å². The normalized spacial score (nSPS) is 20.0. The number of hydrogen-bond donors (Lipinski definition) is 0. The number of cyclic esters (lactones) is 1. The van der Waals surface area contributed by atoms with Crippen molar-refractivity contribution in [2.75, 3.05) is 6.61 Å². The minimum absolute atomic E-state index is 0.250. The fourth-order valence-electron chi connectivity index (χ4n) is 2.51. The van der Waals surface area contributed by atoms with E-state index in [1.165, 1.54) is 0 Å². The van der Waals surface area contributed by atoms with E-state index in [0.29, 0.717) is 16.7 Å². The van der Waals surface area contributed by atoms with E-state index < -0.39 is 11.8 Å². The molecule has 0 saturated heterocycles. The molecule has 1 aliphatic heterocycles. The van der Waals surface area contributed by atoms with Crippen LogP contribution in [0.3, 0.4) is 0 Å². The number of carbonyl (C=O) groups is 2. The van der Waals surface area contributed by atoms with Crippen molar-refractivity contribution in [2.24, 2.45) is 0 Å². The topological polar surface area (TPSA) is 52.6 Å². The van der Waals surface area contributed by atoms with Crippen LogP contribution in [0.15, 0.2) is 54.6 Å². The Morgan fingerprint density at radius 1 is 1.10 bits per heavy atom. The maximum Gasteiger partial charge on any atom is 0.341 e. The molecule has 0 aromatic heterocycles. The van der Waals surface area contributed by atoms with Gasteiger partial charge in [-0.1, -0.05) is 48.5 Å². The van der Waals surface area contributed by atoms with Gasteiger partial charge >= 0.3 is 11.8 Å². The average molecular weight is 282 g/mol. The van der Waals surface area contributed by atoms with Crippen LogP contribution in [0.5, 0.6) is 0 Å². The highest BCUT2D eigenvalue weighted by atomic mass is 16.7. The standard InChI is InChI=1S/C17H14O4/c1-2-20-17(15(18)12-8-4-3-5-9-12)14-11-7-6-10-13(14)16(19)21-17/h3-11H,2H2,1H3. The molecule has 0 N–H and O–H groups in total. The van der Waals surface area contributed by atoms with Crippen molar-refractivity contribution in [3.8, 4) is 0 Å². The first-order valence-corrected chi connectivity index (χ1v) is 6.75. The third-order valence-corrected chi connectivity index (χ3v) is 3.42. The van der Waals surface area contributed by atoms with Crippen LogP contribution in [-0.2, 0) is 15.3 Å². The molecule has 1 aliphatic rings. The summed E-state index contributed by atoms with van der Waals surface area (Å²) in [5.74, 6) is -2.59. The van der Waals surface area contributed by atoms with E-state index in [4.69, 9.17) is 9.47 Å². The first kappa shape index (κ1) is 13.5. The SMILES string of the molecule is CCOC1(C(=O)c2ccccc2)OC(=O)c2ccccc21. The van der Waals surface area contributed by atoms with Crippen molar-refractivity contribution in [2.45, 2.75) is 12.7 Å². The lowest BCUT2D eigenvalue weighted by Gasteiger charge is -2.26. The monoisotopic (exact) mass is 282 g/mol. The largest absolute Gasteiger partial charge is 0.417 e. The van der Waals surface area contributed by atoms with E-state index in [0.717, 1.165) is 0 Å². The Morgan fingerprint density at radius 2 is 1.76 bits per heavy atom. The Balaban J connectivity index is 2.15. The molecule has 2 aromatic carbocycles. The van der Waals surface area contributed by atoms with E-state index in [1.54, 1.807) is 55.5 Å². The predicted octanol–water partition coefficient (Wildman–Crippen LogP) is 2.93. The molecule has 1 atom stereocenters. The molecule has 4 nitrogen and oxygen atoms in total. The highest BCUT2D eigenvalue weighted by Crippen LogP contribution is 2.40. The molecule has 0 radical (unpaired) electrons. The highest BCUT2D eigenvalue weighted by Gasteiger charge is 2.52. The number of ketones is 1. The molecule has 4 heteroatoms. The van der Waals surface area contributed by atoms with E-state index in [-0.39, 0.29) is 12.4 Å². The van der Waals surface area contributed by atoms with Crippen LogP contribution in [0.2, 0.25) is 0 Å². The van der Waals surface area contributed by atoms with Crippen molar-refractivity contribution in [3.05, 3.63) is 71.3 Å². The van der Waals surface area contributed by atoms with Gasteiger partial charge in [0, 0.05) is 17.7 Å². The van der Waals surface area contributed by atoms with Crippen molar-refractivity contribution in [1.29, 1.82) is 0 Å². The zero-order valence-corrected chi connectivity index (χ0v) is 11.5. The zero-order chi connectivity index (χ0) is 14.9. The second-order valence-corrected chi connectivity index (χ2v) is 4.68. The van der Waals surface area contributed by atoms with E-state index >= 15 is 0 Å². The number of benzene rings is 2. The van der Waals surface area contributed by atoms with Crippen molar-refractivity contribution in [1.82, 2.24) is 0 Å². The van der Waals surface area contributed by atoms with Gasteiger partial charge in [0.05, 0.1) is 5.56 Å². The Hall–Kier alpha value is -2.46. The van der Waals surface area contributed by atoms with Crippen LogP contribution in [0.1, 0.15) is 33.2 Å². The molecule has 1 heterocycles. The molecule has 2 aromatic rings. The summed E-state index contributed by atoms with van der Waals surface area (Å²) in [7, 11) is 0. The van der Waals surface area contributed by atoms with E-state index in [2.05, 4.69) is 0 Å². The minimum Gasteiger partial charge on any atom is -0.417 e. The quantitative estimate of drug-likeness (QED) is 0.639. The first-order chi connectivity index (χ1) is 10.2. The fraction of sp³-hybridized carbons (Fsp3) is 0.176. The predicted molar refractivity (Wildman–Crippen MR) is 75.9 cm³/mol. The third kappa shape index (κ3) is 2.04. The molecular formula is C17H14O4. The van der Waals surface area contributed by atoms with Gasteiger partial charge in [0.1, 0.15) is 0 Å². The molecule has 0 saturated carbocycles. The fourth-order valence-corrected chi connectivity index (χ4v) is 2.51. The number of ether oxygens (including phenoxy) is 2. The van der Waals surface area contributed by atoms with Crippen molar-refractivity contribution >= 4 is 11.8 Å². The minimum atomic E-state index is -1.68. The van der Waals surface area contributed by atoms with Crippen LogP contribution in [0, 0.1) is 0 Å². The Kier molecular flexibility index (Phi) is 3.31. The summed E-state index contributed by atoms with van der Waals surface area (Å²) in [5, 5.41) is 0.